The molecule has 1 saturated heterocycles. The molecule has 11 heteroatoms. The van der Waals surface area contributed by atoms with Crippen molar-refractivity contribution in [3.8, 4) is 5.88 Å². The molecule has 180 valence electrons. The van der Waals surface area contributed by atoms with Gasteiger partial charge in [0, 0.05) is 37.4 Å². The average Bonchev–Trinajstić information content (AvgIpc) is 3.45. The molecule has 3 heterocycles. The van der Waals surface area contributed by atoms with Gasteiger partial charge in [-0.05, 0) is 37.4 Å². The van der Waals surface area contributed by atoms with E-state index in [0.717, 1.165) is 25.8 Å². The minimum Gasteiger partial charge on any atom is -0.479 e. The largest absolute Gasteiger partial charge is 0.479 e. The average molecular weight is 503 g/mol. The lowest BCUT2D eigenvalue weighted by Crippen LogP contribution is -2.34. The predicted molar refractivity (Wildman–Crippen MR) is 133 cm³/mol. The molecule has 5 rings (SSSR count). The molecule has 2 aromatic rings. The van der Waals surface area contributed by atoms with Crippen LogP contribution in [0.3, 0.4) is 0 Å². The van der Waals surface area contributed by atoms with Crippen LogP contribution in [0, 0.1) is 17.8 Å². The molecule has 1 saturated carbocycles. The zero-order valence-corrected chi connectivity index (χ0v) is 20.8. The van der Waals surface area contributed by atoms with Gasteiger partial charge in [-0.25, -0.2) is 9.97 Å². The summed E-state index contributed by atoms with van der Waals surface area (Å²) in [4.78, 5) is 27.2. The molecule has 2 unspecified atom stereocenters. The lowest BCUT2D eigenvalue weighted by Gasteiger charge is -2.29. The standard InChI is InChI=1S/C23H28ClN6O3P/c1-30-7-9-34(32,10-8-30)19-6-5-18(22(27-19)33-2)26-23-25-12-17(24)21(29-23)28-20-15-4-3-14(11-15)16(20)13-31/h3-6,12-16,20H,7-11H2,1-2H3,(H2,25,26,28,29)/t14?,15?,16-,20+/m1/s1. The highest BCUT2D eigenvalue weighted by Gasteiger charge is 2.44. The molecule has 9 nitrogen and oxygen atoms in total. The fourth-order valence-corrected chi connectivity index (χ4v) is 7.86. The van der Waals surface area contributed by atoms with Crippen molar-refractivity contribution >= 4 is 47.9 Å². The molecular formula is C23H28ClN6O3P. The van der Waals surface area contributed by atoms with E-state index in [1.807, 2.05) is 7.05 Å². The van der Waals surface area contributed by atoms with Gasteiger partial charge in [-0.1, -0.05) is 23.8 Å². The molecule has 0 radical (unpaired) electrons. The van der Waals surface area contributed by atoms with Gasteiger partial charge in [-0.2, -0.15) is 4.98 Å². The summed E-state index contributed by atoms with van der Waals surface area (Å²) < 4.78 is 18.9. The van der Waals surface area contributed by atoms with Crippen molar-refractivity contribution in [2.75, 3.05) is 50.2 Å². The Morgan fingerprint density at radius 1 is 1.21 bits per heavy atom. The number of halogens is 1. The van der Waals surface area contributed by atoms with Crippen LogP contribution in [0.2, 0.25) is 5.02 Å². The van der Waals surface area contributed by atoms with Gasteiger partial charge in [0.1, 0.15) is 29.6 Å². The third-order valence-electron chi connectivity index (χ3n) is 7.11. The number of hydrogen-bond acceptors (Lipinski definition) is 9. The zero-order valence-electron chi connectivity index (χ0n) is 19.1. The second-order valence-corrected chi connectivity index (χ2v) is 12.8. The molecule has 2 fully saturated rings. The molecule has 0 spiro atoms. The van der Waals surface area contributed by atoms with E-state index in [1.165, 1.54) is 13.3 Å². The number of nitrogens with one attached hydrogen (secondary N) is 2. The Morgan fingerprint density at radius 2 is 1.97 bits per heavy atom. The fourth-order valence-electron chi connectivity index (χ4n) is 5.08. The van der Waals surface area contributed by atoms with Crippen molar-refractivity contribution < 1.29 is 14.1 Å². The molecule has 2 N–H and O–H groups in total. The number of methoxy groups -OCH3 is 1. The van der Waals surface area contributed by atoms with Gasteiger partial charge >= 0.3 is 0 Å². The van der Waals surface area contributed by atoms with Crippen LogP contribution >= 0.6 is 18.7 Å². The van der Waals surface area contributed by atoms with Gasteiger partial charge in [-0.15, -0.1) is 0 Å². The van der Waals surface area contributed by atoms with Gasteiger partial charge in [0.25, 0.3) is 0 Å². The van der Waals surface area contributed by atoms with Gasteiger partial charge < -0.3 is 29.6 Å². The van der Waals surface area contributed by atoms with Crippen LogP contribution in [-0.4, -0.2) is 71.8 Å². The van der Waals surface area contributed by atoms with Crippen LogP contribution in [0.4, 0.5) is 17.5 Å². The number of rotatable bonds is 7. The number of hydrogen-bond donors (Lipinski definition) is 2. The van der Waals surface area contributed by atoms with Gasteiger partial charge in [0.05, 0.1) is 13.3 Å². The van der Waals surface area contributed by atoms with E-state index in [0.29, 0.717) is 46.1 Å². The predicted octanol–water partition coefficient (Wildman–Crippen LogP) is 3.01. The maximum absolute atomic E-state index is 13.4. The summed E-state index contributed by atoms with van der Waals surface area (Å²) in [5, 5.41) is 6.88. The van der Waals surface area contributed by atoms with E-state index in [2.05, 4.69) is 42.6 Å². The number of pyridine rings is 1. The molecule has 1 aliphatic heterocycles. The third-order valence-corrected chi connectivity index (χ3v) is 10.3. The number of aldehydes is 1. The zero-order chi connectivity index (χ0) is 23.9. The summed E-state index contributed by atoms with van der Waals surface area (Å²) in [6.45, 7) is 1.58. The Morgan fingerprint density at radius 3 is 2.71 bits per heavy atom. The number of fused-ring (bicyclic) bond motifs is 2. The molecule has 0 amide bonds. The highest BCUT2D eigenvalue weighted by atomic mass is 35.5. The van der Waals surface area contributed by atoms with Crippen molar-refractivity contribution in [2.45, 2.75) is 12.5 Å². The molecule has 2 aliphatic carbocycles. The van der Waals surface area contributed by atoms with Crippen LogP contribution in [0.25, 0.3) is 0 Å². The Hall–Kier alpha value is -2.48. The number of carbonyl (C=O) groups is 1. The first-order valence-corrected chi connectivity index (χ1v) is 13.9. The van der Waals surface area contributed by atoms with Crippen LogP contribution in [-0.2, 0) is 9.36 Å². The number of aromatic nitrogens is 3. The maximum atomic E-state index is 13.4. The van der Waals surface area contributed by atoms with Gasteiger partial charge in [0.15, 0.2) is 5.82 Å². The molecule has 4 atom stereocenters. The summed E-state index contributed by atoms with van der Waals surface area (Å²) in [6.07, 6.45) is 9.01. The summed E-state index contributed by atoms with van der Waals surface area (Å²) in [5.74, 6) is 1.56. The van der Waals surface area contributed by atoms with Crippen molar-refractivity contribution in [3.05, 3.63) is 35.5 Å². The molecule has 2 bridgehead atoms. The summed E-state index contributed by atoms with van der Waals surface area (Å²) >= 11 is 6.37. The summed E-state index contributed by atoms with van der Waals surface area (Å²) in [7, 11) is 1.02. The van der Waals surface area contributed by atoms with Crippen LogP contribution in [0.1, 0.15) is 6.42 Å². The topological polar surface area (TPSA) is 109 Å². The van der Waals surface area contributed by atoms with Crippen molar-refractivity contribution in [1.29, 1.82) is 0 Å². The maximum Gasteiger partial charge on any atom is 0.238 e. The van der Waals surface area contributed by atoms with Crippen LogP contribution in [0.15, 0.2) is 30.5 Å². The van der Waals surface area contributed by atoms with E-state index >= 15 is 0 Å². The quantitative estimate of drug-likeness (QED) is 0.335. The van der Waals surface area contributed by atoms with E-state index in [1.54, 1.807) is 12.1 Å². The smallest absolute Gasteiger partial charge is 0.238 e. The molecule has 2 aromatic heterocycles. The minimum absolute atomic E-state index is 0.0463. The van der Waals surface area contributed by atoms with E-state index in [9.17, 15) is 9.36 Å². The Bertz CT molecular complexity index is 1170. The van der Waals surface area contributed by atoms with Gasteiger partial charge in [0.2, 0.25) is 11.8 Å². The number of carbonyl (C=O) groups excluding carboxylic acids is 1. The number of anilines is 3. The van der Waals surface area contributed by atoms with Gasteiger partial charge in [-0.3, -0.25) is 0 Å². The van der Waals surface area contributed by atoms with Crippen LogP contribution < -0.4 is 20.8 Å². The Kier molecular flexibility index (Phi) is 6.35. The molecular weight excluding hydrogens is 475 g/mol. The highest BCUT2D eigenvalue weighted by molar-refractivity contribution is 7.71. The first-order valence-electron chi connectivity index (χ1n) is 11.4. The monoisotopic (exact) mass is 502 g/mol. The third kappa shape index (κ3) is 4.32. The van der Waals surface area contributed by atoms with E-state index < -0.39 is 7.14 Å². The van der Waals surface area contributed by atoms with E-state index in [4.69, 9.17) is 16.3 Å². The van der Waals surface area contributed by atoms with E-state index in [-0.39, 0.29) is 23.8 Å². The molecule has 0 aromatic carbocycles. The second kappa shape index (κ2) is 9.29. The molecule has 3 aliphatic rings. The van der Waals surface area contributed by atoms with Crippen molar-refractivity contribution in [1.82, 2.24) is 19.9 Å². The first-order chi connectivity index (χ1) is 16.4. The summed E-state index contributed by atoms with van der Waals surface area (Å²) in [6, 6.07) is 3.55. The lowest BCUT2D eigenvalue weighted by molar-refractivity contribution is -0.111. The number of nitrogens with zero attached hydrogens (tertiary/aromatic N) is 4. The minimum atomic E-state index is -2.54. The Balaban J connectivity index is 1.36. The van der Waals surface area contributed by atoms with Crippen LogP contribution in [0.5, 0.6) is 5.88 Å². The number of ether oxygens (including phenoxy) is 1. The fraction of sp³-hybridized carbons (Fsp3) is 0.478. The highest BCUT2D eigenvalue weighted by Crippen LogP contribution is 2.46. The second-order valence-electron chi connectivity index (χ2n) is 9.21. The first kappa shape index (κ1) is 23.3. The lowest BCUT2D eigenvalue weighted by atomic mass is 9.90. The van der Waals surface area contributed by atoms with Crippen molar-refractivity contribution in [3.63, 3.8) is 0 Å². The Labute approximate surface area is 203 Å². The normalized spacial score (nSPS) is 27.5. The SMILES string of the molecule is COc1nc(P2(=O)CCN(C)CC2)ccc1Nc1ncc(Cl)c(N[C@H]2C3C=CC(C3)[C@H]2C=O)n1. The number of allylic oxidation sites excluding steroid dienone is 1. The van der Waals surface area contributed by atoms with Crippen molar-refractivity contribution in [2.24, 2.45) is 17.8 Å². The molecule has 34 heavy (non-hydrogen) atoms. The summed E-state index contributed by atoms with van der Waals surface area (Å²) in [5.41, 5.74) is 1.15.